The van der Waals surface area contributed by atoms with E-state index in [1.165, 1.54) is 70.6 Å². The van der Waals surface area contributed by atoms with Crippen molar-refractivity contribution in [3.8, 4) is 0 Å². The molecule has 1 nitrogen and oxygen atoms in total. The third kappa shape index (κ3) is 3.31. The molecule has 8 atom stereocenters. The molecule has 4 aliphatic carbocycles. The molecule has 0 radical (unpaired) electrons. The van der Waals surface area contributed by atoms with Crippen molar-refractivity contribution in [2.45, 2.75) is 112 Å². The SMILES string of the molecule is CC(C)CCC[C@@H](C)[C@@H]1CC[C@@H]2[C@@H]3CC(=O)[C@H]4CCCC[C@]4(C)[C@@H]3CC[C@]21C. The first-order valence-corrected chi connectivity index (χ1v) is 12.8. The summed E-state index contributed by atoms with van der Waals surface area (Å²) >= 11 is 0. The van der Waals surface area contributed by atoms with Crippen molar-refractivity contribution in [2.24, 2.45) is 52.3 Å². The lowest BCUT2D eigenvalue weighted by atomic mass is 9.44. The highest BCUT2D eigenvalue weighted by atomic mass is 16.1. The first kappa shape index (κ1) is 20.9. The molecule has 160 valence electrons. The van der Waals surface area contributed by atoms with Gasteiger partial charge in [-0.1, -0.05) is 66.7 Å². The molecule has 0 bridgehead atoms. The van der Waals surface area contributed by atoms with Crippen molar-refractivity contribution in [3.05, 3.63) is 0 Å². The molecule has 0 aromatic carbocycles. The molecule has 0 spiro atoms. The first-order valence-electron chi connectivity index (χ1n) is 12.8. The van der Waals surface area contributed by atoms with Crippen molar-refractivity contribution < 1.29 is 4.79 Å². The zero-order valence-corrected chi connectivity index (χ0v) is 19.4. The molecule has 0 heterocycles. The standard InChI is InChI=1S/C27H46O/c1-18(2)9-8-10-19(3)21-12-13-22-20-17-25(28)24-11-6-7-15-26(24,4)23(20)14-16-27(21,22)5/h18-24H,6-17H2,1-5H3/t19-,20+,21+,22-,23-,24-,26-,27+/m1/s1. The number of rotatable bonds is 5. The van der Waals surface area contributed by atoms with Gasteiger partial charge in [0.05, 0.1) is 0 Å². The third-order valence-electron chi connectivity index (χ3n) is 10.6. The van der Waals surface area contributed by atoms with Crippen molar-refractivity contribution in [3.63, 3.8) is 0 Å². The lowest BCUT2D eigenvalue weighted by molar-refractivity contribution is -0.154. The summed E-state index contributed by atoms with van der Waals surface area (Å²) in [6.07, 6.45) is 16.0. The second-order valence-electron chi connectivity index (χ2n) is 12.4. The molecule has 0 aliphatic heterocycles. The maximum atomic E-state index is 13.2. The van der Waals surface area contributed by atoms with E-state index in [-0.39, 0.29) is 0 Å². The molecule has 0 N–H and O–H groups in total. The van der Waals surface area contributed by atoms with Crippen LogP contribution in [0.5, 0.6) is 0 Å². The number of hydrogen-bond donors (Lipinski definition) is 0. The van der Waals surface area contributed by atoms with Gasteiger partial charge in [0, 0.05) is 12.3 Å². The van der Waals surface area contributed by atoms with Crippen molar-refractivity contribution >= 4 is 5.78 Å². The van der Waals surface area contributed by atoms with Crippen LogP contribution in [-0.2, 0) is 4.79 Å². The Bertz CT molecular complexity index is 579. The van der Waals surface area contributed by atoms with Crippen LogP contribution >= 0.6 is 0 Å². The van der Waals surface area contributed by atoms with Gasteiger partial charge in [-0.2, -0.15) is 0 Å². The fourth-order valence-electron chi connectivity index (χ4n) is 9.12. The largest absolute Gasteiger partial charge is 0.299 e. The zero-order chi connectivity index (χ0) is 20.1. The van der Waals surface area contributed by atoms with E-state index in [0.29, 0.717) is 28.4 Å². The lowest BCUT2D eigenvalue weighted by Crippen LogP contribution is -2.56. The molecule has 0 amide bonds. The van der Waals surface area contributed by atoms with Gasteiger partial charge >= 0.3 is 0 Å². The molecule has 0 unspecified atom stereocenters. The van der Waals surface area contributed by atoms with Gasteiger partial charge in [-0.3, -0.25) is 4.79 Å². The Hall–Kier alpha value is -0.330. The molecular formula is C27H46O. The number of hydrogen-bond acceptors (Lipinski definition) is 1. The van der Waals surface area contributed by atoms with Gasteiger partial charge in [0.1, 0.15) is 5.78 Å². The Labute approximate surface area is 174 Å². The quantitative estimate of drug-likeness (QED) is 0.473. The van der Waals surface area contributed by atoms with Gasteiger partial charge in [-0.15, -0.1) is 0 Å². The molecule has 4 fully saturated rings. The minimum absolute atomic E-state index is 0.334. The van der Waals surface area contributed by atoms with Crippen LogP contribution in [-0.4, -0.2) is 5.78 Å². The first-order chi connectivity index (χ1) is 13.3. The number of carbonyl (C=O) groups excluding carboxylic acids is 1. The summed E-state index contributed by atoms with van der Waals surface area (Å²) in [6, 6.07) is 0. The fourth-order valence-corrected chi connectivity index (χ4v) is 9.12. The maximum Gasteiger partial charge on any atom is 0.136 e. The topological polar surface area (TPSA) is 17.1 Å². The lowest BCUT2D eigenvalue weighted by Gasteiger charge is -2.60. The molecule has 28 heavy (non-hydrogen) atoms. The molecule has 0 saturated heterocycles. The van der Waals surface area contributed by atoms with Gasteiger partial charge in [0.15, 0.2) is 0 Å². The van der Waals surface area contributed by atoms with E-state index in [1.54, 1.807) is 0 Å². The van der Waals surface area contributed by atoms with Gasteiger partial charge in [0.2, 0.25) is 0 Å². The predicted octanol–water partition coefficient (Wildman–Crippen LogP) is 7.68. The number of ketones is 1. The second-order valence-corrected chi connectivity index (χ2v) is 12.4. The fraction of sp³-hybridized carbons (Fsp3) is 0.963. The smallest absolute Gasteiger partial charge is 0.136 e. The summed E-state index contributed by atoms with van der Waals surface area (Å²) in [4.78, 5) is 13.2. The summed E-state index contributed by atoms with van der Waals surface area (Å²) in [7, 11) is 0. The Balaban J connectivity index is 1.50. The minimum atomic E-state index is 0.334. The van der Waals surface area contributed by atoms with Crippen LogP contribution in [0.4, 0.5) is 0 Å². The molecule has 4 aliphatic rings. The van der Waals surface area contributed by atoms with E-state index in [4.69, 9.17) is 0 Å². The molecule has 4 rings (SSSR count). The van der Waals surface area contributed by atoms with E-state index in [1.807, 2.05) is 0 Å². The highest BCUT2D eigenvalue weighted by Crippen LogP contribution is 2.67. The Morgan fingerprint density at radius 1 is 0.893 bits per heavy atom. The summed E-state index contributed by atoms with van der Waals surface area (Å²) in [6.45, 7) is 12.4. The summed E-state index contributed by atoms with van der Waals surface area (Å²) in [5.74, 6) is 6.03. The van der Waals surface area contributed by atoms with Crippen LogP contribution in [0, 0.1) is 52.3 Å². The minimum Gasteiger partial charge on any atom is -0.299 e. The van der Waals surface area contributed by atoms with Crippen molar-refractivity contribution in [1.29, 1.82) is 0 Å². The molecule has 0 aromatic heterocycles. The van der Waals surface area contributed by atoms with E-state index >= 15 is 0 Å². The van der Waals surface area contributed by atoms with Crippen LogP contribution in [0.15, 0.2) is 0 Å². The van der Waals surface area contributed by atoms with E-state index in [2.05, 4.69) is 34.6 Å². The Morgan fingerprint density at radius 3 is 2.39 bits per heavy atom. The van der Waals surface area contributed by atoms with E-state index < -0.39 is 0 Å². The second kappa shape index (κ2) is 7.73. The van der Waals surface area contributed by atoms with Crippen molar-refractivity contribution in [2.75, 3.05) is 0 Å². The van der Waals surface area contributed by atoms with Gasteiger partial charge in [0.25, 0.3) is 0 Å². The Morgan fingerprint density at radius 2 is 1.64 bits per heavy atom. The predicted molar refractivity (Wildman–Crippen MR) is 118 cm³/mol. The van der Waals surface area contributed by atoms with Gasteiger partial charge in [-0.05, 0) is 84.9 Å². The van der Waals surface area contributed by atoms with E-state index in [0.717, 1.165) is 36.0 Å². The van der Waals surface area contributed by atoms with Crippen LogP contribution in [0.2, 0.25) is 0 Å². The average Bonchev–Trinajstić information content (AvgIpc) is 2.99. The molecule has 0 aromatic rings. The van der Waals surface area contributed by atoms with E-state index in [9.17, 15) is 4.79 Å². The third-order valence-corrected chi connectivity index (χ3v) is 10.6. The van der Waals surface area contributed by atoms with Crippen LogP contribution in [0.3, 0.4) is 0 Å². The molecule has 1 heteroatoms. The summed E-state index contributed by atoms with van der Waals surface area (Å²) in [5, 5.41) is 0. The highest BCUT2D eigenvalue weighted by Gasteiger charge is 2.61. The normalized spacial score (nSPS) is 46.8. The summed E-state index contributed by atoms with van der Waals surface area (Å²) < 4.78 is 0. The van der Waals surface area contributed by atoms with Gasteiger partial charge in [-0.25, -0.2) is 0 Å². The highest BCUT2D eigenvalue weighted by molar-refractivity contribution is 5.83. The summed E-state index contributed by atoms with van der Waals surface area (Å²) in [5.41, 5.74) is 0.844. The number of fused-ring (bicyclic) bond motifs is 5. The molecule has 4 saturated carbocycles. The number of Topliss-reactive ketones (excluding diaryl/α,β-unsaturated/α-hetero) is 1. The van der Waals surface area contributed by atoms with Crippen LogP contribution in [0.1, 0.15) is 112 Å². The van der Waals surface area contributed by atoms with Crippen LogP contribution < -0.4 is 0 Å². The van der Waals surface area contributed by atoms with Crippen LogP contribution in [0.25, 0.3) is 0 Å². The van der Waals surface area contributed by atoms with Gasteiger partial charge < -0.3 is 0 Å². The monoisotopic (exact) mass is 386 g/mol. The number of carbonyl (C=O) groups is 1. The Kier molecular flexibility index (Phi) is 5.78. The average molecular weight is 387 g/mol. The zero-order valence-electron chi connectivity index (χ0n) is 19.4. The maximum absolute atomic E-state index is 13.2. The van der Waals surface area contributed by atoms with Crippen molar-refractivity contribution in [1.82, 2.24) is 0 Å². The molecular weight excluding hydrogens is 340 g/mol.